The number of nitrogens with one attached hydrogen (secondary N) is 1. The summed E-state index contributed by atoms with van der Waals surface area (Å²) in [6.07, 6.45) is -4.32. The highest BCUT2D eigenvalue weighted by Crippen LogP contribution is 2.28. The maximum Gasteiger partial charge on any atom is 0.416 e. The number of sulfonamides is 1. The smallest absolute Gasteiger partial charge is 0.352 e. The molecule has 0 spiro atoms. The summed E-state index contributed by atoms with van der Waals surface area (Å²) in [5, 5.41) is 7.16. The highest BCUT2D eigenvalue weighted by Gasteiger charge is 2.30. The fourth-order valence-electron chi connectivity index (χ4n) is 1.39. The van der Waals surface area contributed by atoms with Gasteiger partial charge in [0.2, 0.25) is 10.0 Å². The molecule has 0 saturated carbocycles. The van der Waals surface area contributed by atoms with E-state index in [0.717, 1.165) is 24.3 Å². The van der Waals surface area contributed by atoms with Gasteiger partial charge in [0.15, 0.2) is 0 Å². The average Bonchev–Trinajstić information content (AvgIpc) is 2.32. The van der Waals surface area contributed by atoms with Crippen molar-refractivity contribution in [1.29, 1.82) is 0 Å². The van der Waals surface area contributed by atoms with Crippen LogP contribution < -0.4 is 10.5 Å². The molecule has 0 saturated heterocycles. The Hall–Kier alpha value is -1.61. The summed E-state index contributed by atoms with van der Waals surface area (Å²) in [5.74, 6) is -0.853. The van der Waals surface area contributed by atoms with E-state index in [2.05, 4.69) is 5.32 Å². The number of nitrogens with two attached hydrogens (primary N) is 1. The zero-order valence-corrected chi connectivity index (χ0v) is 11.1. The average molecular weight is 310 g/mol. The third-order valence-electron chi connectivity index (χ3n) is 2.37. The standard InChI is InChI=1S/C11H13F3N2O3S/c12-11(13,14)9-4-2-8(3-5-9)10(17)16-6-1-7-20(15,18)19/h2-5H,1,6-7H2,(H,16,17)(H2,15,18,19). The summed E-state index contributed by atoms with van der Waals surface area (Å²) in [5.41, 5.74) is -0.781. The Labute approximate surface area is 114 Å². The van der Waals surface area contributed by atoms with E-state index >= 15 is 0 Å². The Morgan fingerprint density at radius 3 is 2.20 bits per heavy atom. The number of rotatable bonds is 5. The minimum atomic E-state index is -4.45. The fourth-order valence-corrected chi connectivity index (χ4v) is 1.93. The molecule has 0 aliphatic rings. The molecule has 1 amide bonds. The molecule has 1 aromatic rings. The van der Waals surface area contributed by atoms with E-state index in [1.54, 1.807) is 0 Å². The molecule has 0 radical (unpaired) electrons. The van der Waals surface area contributed by atoms with Crippen molar-refractivity contribution in [1.82, 2.24) is 5.32 Å². The fraction of sp³-hybridized carbons (Fsp3) is 0.364. The summed E-state index contributed by atoms with van der Waals surface area (Å²) < 4.78 is 58.2. The highest BCUT2D eigenvalue weighted by molar-refractivity contribution is 7.89. The molecule has 5 nitrogen and oxygen atoms in total. The van der Waals surface area contributed by atoms with Crippen LogP contribution in [0.1, 0.15) is 22.3 Å². The molecule has 0 aliphatic heterocycles. The Morgan fingerprint density at radius 1 is 1.20 bits per heavy atom. The first-order valence-corrected chi connectivity index (χ1v) is 7.27. The molecule has 0 atom stereocenters. The van der Waals surface area contributed by atoms with Crippen LogP contribution in [0.2, 0.25) is 0 Å². The minimum Gasteiger partial charge on any atom is -0.352 e. The number of carbonyl (C=O) groups excluding carboxylic acids is 1. The van der Waals surface area contributed by atoms with Gasteiger partial charge in [-0.25, -0.2) is 13.6 Å². The number of alkyl halides is 3. The van der Waals surface area contributed by atoms with Gasteiger partial charge in [-0.1, -0.05) is 0 Å². The molecule has 20 heavy (non-hydrogen) atoms. The van der Waals surface area contributed by atoms with E-state index in [-0.39, 0.29) is 24.3 Å². The number of carbonyl (C=O) groups is 1. The third-order valence-corrected chi connectivity index (χ3v) is 3.22. The van der Waals surface area contributed by atoms with Crippen molar-refractivity contribution in [2.75, 3.05) is 12.3 Å². The van der Waals surface area contributed by atoms with Crippen LogP contribution in [0.25, 0.3) is 0 Å². The van der Waals surface area contributed by atoms with Gasteiger partial charge in [0, 0.05) is 12.1 Å². The van der Waals surface area contributed by atoms with E-state index in [9.17, 15) is 26.4 Å². The van der Waals surface area contributed by atoms with Crippen LogP contribution in [0, 0.1) is 0 Å². The lowest BCUT2D eigenvalue weighted by molar-refractivity contribution is -0.137. The maximum atomic E-state index is 12.3. The molecule has 3 N–H and O–H groups in total. The van der Waals surface area contributed by atoms with Gasteiger partial charge in [-0.3, -0.25) is 4.79 Å². The van der Waals surface area contributed by atoms with Crippen LogP contribution in [0.15, 0.2) is 24.3 Å². The van der Waals surface area contributed by atoms with Crippen LogP contribution in [0.5, 0.6) is 0 Å². The van der Waals surface area contributed by atoms with Crippen LogP contribution in [0.4, 0.5) is 13.2 Å². The summed E-state index contributed by atoms with van der Waals surface area (Å²) in [4.78, 5) is 11.6. The van der Waals surface area contributed by atoms with E-state index in [1.807, 2.05) is 0 Å². The predicted molar refractivity (Wildman–Crippen MR) is 66.4 cm³/mol. The minimum absolute atomic E-state index is 0.0635. The zero-order chi connectivity index (χ0) is 15.4. The van der Waals surface area contributed by atoms with Gasteiger partial charge in [0.25, 0.3) is 5.91 Å². The Bertz CT molecular complexity index is 568. The molecule has 112 valence electrons. The molecule has 0 heterocycles. The van der Waals surface area contributed by atoms with Gasteiger partial charge in [-0.15, -0.1) is 0 Å². The second kappa shape index (κ2) is 6.23. The molecule has 9 heteroatoms. The topological polar surface area (TPSA) is 89.3 Å². The van der Waals surface area contributed by atoms with Gasteiger partial charge < -0.3 is 5.32 Å². The molecule has 0 unspecified atom stereocenters. The van der Waals surface area contributed by atoms with E-state index in [1.165, 1.54) is 0 Å². The van der Waals surface area contributed by atoms with E-state index in [4.69, 9.17) is 5.14 Å². The lowest BCUT2D eigenvalue weighted by atomic mass is 10.1. The molecule has 0 bridgehead atoms. The first-order chi connectivity index (χ1) is 9.09. The van der Waals surface area contributed by atoms with Crippen LogP contribution >= 0.6 is 0 Å². The monoisotopic (exact) mass is 310 g/mol. The summed E-state index contributed by atoms with van der Waals surface area (Å²) >= 11 is 0. The SMILES string of the molecule is NS(=O)(=O)CCCNC(=O)c1ccc(C(F)(F)F)cc1. The Balaban J connectivity index is 2.52. The molecule has 0 aliphatic carbocycles. The maximum absolute atomic E-state index is 12.3. The van der Waals surface area contributed by atoms with Gasteiger partial charge in [-0.05, 0) is 30.7 Å². The van der Waals surface area contributed by atoms with Gasteiger partial charge in [-0.2, -0.15) is 13.2 Å². The molecule has 0 fully saturated rings. The molecule has 1 aromatic carbocycles. The number of halogens is 3. The van der Waals surface area contributed by atoms with Crippen molar-refractivity contribution in [2.24, 2.45) is 5.14 Å². The molecule has 0 aromatic heterocycles. The lowest BCUT2D eigenvalue weighted by Gasteiger charge is -2.08. The van der Waals surface area contributed by atoms with Crippen molar-refractivity contribution in [3.63, 3.8) is 0 Å². The Morgan fingerprint density at radius 2 is 1.75 bits per heavy atom. The number of hydrogen-bond acceptors (Lipinski definition) is 3. The summed E-state index contributed by atoms with van der Waals surface area (Å²) in [6.45, 7) is 0.0658. The predicted octanol–water partition coefficient (Wildman–Crippen LogP) is 1.11. The van der Waals surface area contributed by atoms with E-state index < -0.39 is 27.7 Å². The summed E-state index contributed by atoms with van der Waals surface area (Å²) in [7, 11) is -3.58. The number of primary sulfonamides is 1. The van der Waals surface area contributed by atoms with Gasteiger partial charge in [0.05, 0.1) is 11.3 Å². The van der Waals surface area contributed by atoms with Crippen LogP contribution in [-0.2, 0) is 16.2 Å². The first kappa shape index (κ1) is 16.4. The molecular formula is C11H13F3N2O3S. The van der Waals surface area contributed by atoms with E-state index in [0.29, 0.717) is 0 Å². The third kappa shape index (κ3) is 5.57. The van der Waals surface area contributed by atoms with Gasteiger partial charge in [0.1, 0.15) is 0 Å². The van der Waals surface area contributed by atoms with Crippen LogP contribution in [0.3, 0.4) is 0 Å². The number of amides is 1. The largest absolute Gasteiger partial charge is 0.416 e. The first-order valence-electron chi connectivity index (χ1n) is 5.55. The van der Waals surface area contributed by atoms with Gasteiger partial charge >= 0.3 is 6.18 Å². The second-order valence-electron chi connectivity index (χ2n) is 4.05. The zero-order valence-electron chi connectivity index (χ0n) is 10.3. The van der Waals surface area contributed by atoms with Crippen molar-refractivity contribution in [3.8, 4) is 0 Å². The molecular weight excluding hydrogens is 297 g/mol. The quantitative estimate of drug-likeness (QED) is 0.799. The molecule has 1 rings (SSSR count). The van der Waals surface area contributed by atoms with Crippen LogP contribution in [-0.4, -0.2) is 26.6 Å². The van der Waals surface area contributed by atoms with Crippen molar-refractivity contribution >= 4 is 15.9 Å². The van der Waals surface area contributed by atoms with Crippen molar-refractivity contribution in [3.05, 3.63) is 35.4 Å². The highest BCUT2D eigenvalue weighted by atomic mass is 32.2. The number of hydrogen-bond donors (Lipinski definition) is 2. The summed E-state index contributed by atoms with van der Waals surface area (Å²) in [6, 6.07) is 3.72. The number of benzene rings is 1. The lowest BCUT2D eigenvalue weighted by Crippen LogP contribution is -2.27. The van der Waals surface area contributed by atoms with Crippen molar-refractivity contribution < 1.29 is 26.4 Å². The normalized spacial score (nSPS) is 12.2. The Kier molecular flexibility index (Phi) is 5.12. The second-order valence-corrected chi connectivity index (χ2v) is 5.79. The van der Waals surface area contributed by atoms with Crippen molar-refractivity contribution in [2.45, 2.75) is 12.6 Å².